The van der Waals surface area contributed by atoms with E-state index in [1.54, 1.807) is 0 Å². The van der Waals surface area contributed by atoms with Crippen LogP contribution in [0.3, 0.4) is 0 Å². The summed E-state index contributed by atoms with van der Waals surface area (Å²) in [6.07, 6.45) is 2.79. The number of Topliss-reactive ketones (excluding diaryl/α,β-unsaturated/α-hetero) is 1. The van der Waals surface area contributed by atoms with Crippen molar-refractivity contribution in [1.82, 2.24) is 9.97 Å². The number of aromatic amines is 1. The van der Waals surface area contributed by atoms with Gasteiger partial charge in [-0.2, -0.15) is 0 Å². The van der Waals surface area contributed by atoms with Gasteiger partial charge in [0.1, 0.15) is 11.4 Å². The third-order valence-electron chi connectivity index (χ3n) is 3.21. The third kappa shape index (κ3) is 3.13. The predicted octanol–water partition coefficient (Wildman–Crippen LogP) is 4.63. The van der Waals surface area contributed by atoms with Crippen molar-refractivity contribution in [3.8, 4) is 11.5 Å². The van der Waals surface area contributed by atoms with Gasteiger partial charge in [0, 0.05) is 24.1 Å². The van der Waals surface area contributed by atoms with Crippen LogP contribution in [0.5, 0.6) is 11.5 Å². The first-order valence-corrected chi connectivity index (χ1v) is 7.71. The van der Waals surface area contributed by atoms with Crippen molar-refractivity contribution in [3.05, 3.63) is 48.0 Å². The molecule has 3 N–H and O–H groups in total. The average molecular weight is 389 g/mol. The maximum absolute atomic E-state index is 14.0. The highest BCUT2D eigenvalue weighted by atomic mass is 35.6. The molecule has 0 spiro atoms. The Kier molecular flexibility index (Phi) is 4.29. The number of alkyl halides is 3. The number of nitrogens with two attached hydrogens (primary N) is 1. The first kappa shape index (κ1) is 16.8. The Bertz CT molecular complexity index is 937. The first-order valence-electron chi connectivity index (χ1n) is 6.58. The number of aromatic nitrogens is 2. The van der Waals surface area contributed by atoms with E-state index >= 15 is 0 Å². The molecule has 0 atom stereocenters. The number of ether oxygens (including phenoxy) is 1. The number of H-pyrrole nitrogens is 1. The number of nitrogens with one attached hydrogen (secondary N) is 1. The number of ketones is 1. The zero-order chi connectivity index (χ0) is 17.5. The van der Waals surface area contributed by atoms with Gasteiger partial charge in [0.25, 0.3) is 3.79 Å². The van der Waals surface area contributed by atoms with Crippen molar-refractivity contribution < 1.29 is 13.9 Å². The molecule has 0 bridgehead atoms. The van der Waals surface area contributed by atoms with Gasteiger partial charge in [0.05, 0.1) is 10.9 Å². The van der Waals surface area contributed by atoms with Crippen LogP contribution >= 0.6 is 34.8 Å². The largest absolute Gasteiger partial charge is 0.453 e. The Morgan fingerprint density at radius 3 is 2.67 bits per heavy atom. The van der Waals surface area contributed by atoms with Crippen LogP contribution in [0.1, 0.15) is 10.4 Å². The van der Waals surface area contributed by atoms with E-state index in [2.05, 4.69) is 9.97 Å². The summed E-state index contributed by atoms with van der Waals surface area (Å²) in [5.74, 6) is -1.29. The van der Waals surface area contributed by atoms with Gasteiger partial charge in [-0.1, -0.05) is 34.8 Å². The molecule has 0 aliphatic heterocycles. The van der Waals surface area contributed by atoms with Gasteiger partial charge in [0.15, 0.2) is 11.6 Å². The molecule has 124 valence electrons. The lowest BCUT2D eigenvalue weighted by Crippen LogP contribution is -2.18. The van der Waals surface area contributed by atoms with Crippen LogP contribution in [-0.4, -0.2) is 19.5 Å². The highest BCUT2D eigenvalue weighted by molar-refractivity contribution is 6.77. The molecule has 0 aliphatic rings. The number of fused-ring (bicyclic) bond motifs is 1. The molecule has 0 fully saturated rings. The third-order valence-corrected chi connectivity index (χ3v) is 3.73. The topological polar surface area (TPSA) is 81.0 Å². The maximum Gasteiger partial charge on any atom is 0.253 e. The van der Waals surface area contributed by atoms with Crippen LogP contribution in [0.4, 0.5) is 10.1 Å². The summed E-state index contributed by atoms with van der Waals surface area (Å²) in [5, 5.41) is 0.282. The van der Waals surface area contributed by atoms with E-state index < -0.39 is 15.4 Å². The fourth-order valence-corrected chi connectivity index (χ4v) is 2.47. The highest BCUT2D eigenvalue weighted by Crippen LogP contribution is 2.37. The molecule has 3 rings (SSSR count). The Labute approximate surface area is 150 Å². The Morgan fingerprint density at radius 1 is 1.25 bits per heavy atom. The lowest BCUT2D eigenvalue weighted by Gasteiger charge is -2.11. The van der Waals surface area contributed by atoms with Gasteiger partial charge < -0.3 is 15.5 Å². The number of hydrogen-bond donors (Lipinski definition) is 2. The monoisotopic (exact) mass is 387 g/mol. The molecule has 1 aromatic carbocycles. The van der Waals surface area contributed by atoms with Gasteiger partial charge >= 0.3 is 0 Å². The van der Waals surface area contributed by atoms with E-state index in [4.69, 9.17) is 45.3 Å². The van der Waals surface area contributed by atoms with Crippen LogP contribution in [0.25, 0.3) is 11.0 Å². The Hall–Kier alpha value is -2.02. The van der Waals surface area contributed by atoms with Crippen molar-refractivity contribution in [1.29, 1.82) is 0 Å². The summed E-state index contributed by atoms with van der Waals surface area (Å²) in [6, 6.07) is 5.46. The molecular weight excluding hydrogens is 380 g/mol. The number of carbonyl (C=O) groups is 1. The van der Waals surface area contributed by atoms with Crippen LogP contribution in [0.2, 0.25) is 0 Å². The van der Waals surface area contributed by atoms with E-state index in [-0.39, 0.29) is 28.1 Å². The second-order valence-electron chi connectivity index (χ2n) is 4.85. The quantitative estimate of drug-likeness (QED) is 0.389. The number of carbonyl (C=O) groups excluding carboxylic acids is 1. The summed E-state index contributed by atoms with van der Waals surface area (Å²) >= 11 is 17.0. The molecule has 5 nitrogen and oxygen atoms in total. The minimum absolute atomic E-state index is 0.0646. The summed E-state index contributed by atoms with van der Waals surface area (Å²) < 4.78 is 17.4. The zero-order valence-electron chi connectivity index (χ0n) is 11.8. The van der Waals surface area contributed by atoms with Gasteiger partial charge in [-0.3, -0.25) is 4.79 Å². The summed E-state index contributed by atoms with van der Waals surface area (Å²) in [4.78, 5) is 19.1. The Morgan fingerprint density at radius 2 is 2.00 bits per heavy atom. The number of nitrogens with zero attached hydrogens (tertiary/aromatic N) is 1. The second-order valence-corrected chi connectivity index (χ2v) is 7.14. The normalized spacial score (nSPS) is 11.7. The van der Waals surface area contributed by atoms with Gasteiger partial charge in [0.2, 0.25) is 5.78 Å². The van der Waals surface area contributed by atoms with Crippen LogP contribution in [-0.2, 0) is 0 Å². The summed E-state index contributed by atoms with van der Waals surface area (Å²) in [7, 11) is 0. The van der Waals surface area contributed by atoms with Crippen molar-refractivity contribution in [2.45, 2.75) is 3.79 Å². The highest BCUT2D eigenvalue weighted by Gasteiger charge is 2.34. The molecule has 0 amide bonds. The fraction of sp³-hybridized carbons (Fsp3) is 0.0667. The predicted molar refractivity (Wildman–Crippen MR) is 91.6 cm³/mol. The van der Waals surface area contributed by atoms with Gasteiger partial charge in [-0.05, 0) is 18.2 Å². The van der Waals surface area contributed by atoms with E-state index in [1.807, 2.05) is 0 Å². The maximum atomic E-state index is 14.0. The van der Waals surface area contributed by atoms with Crippen molar-refractivity contribution in [2.75, 3.05) is 5.73 Å². The molecule has 3 aromatic rings. The van der Waals surface area contributed by atoms with Crippen LogP contribution in [0, 0.1) is 5.82 Å². The fourth-order valence-electron chi connectivity index (χ4n) is 2.16. The lowest BCUT2D eigenvalue weighted by molar-refractivity contribution is 0.0998. The molecule has 0 unspecified atom stereocenters. The minimum Gasteiger partial charge on any atom is -0.453 e. The van der Waals surface area contributed by atoms with Gasteiger partial charge in [-0.15, -0.1) is 0 Å². The van der Waals surface area contributed by atoms with Crippen molar-refractivity contribution in [3.63, 3.8) is 0 Å². The van der Waals surface area contributed by atoms with E-state index in [0.717, 1.165) is 6.07 Å². The standard InChI is InChI=1S/C15H9Cl3FN3O2/c16-15(17,18)13(23)8-6-22-14-12(8)11(3-4-21-14)24-10-2-1-7(20)5-9(10)19/h1-6H,20H2,(H,21,22). The van der Waals surface area contributed by atoms with E-state index in [9.17, 15) is 9.18 Å². The average Bonchev–Trinajstić information content (AvgIpc) is 2.93. The van der Waals surface area contributed by atoms with Gasteiger partial charge in [-0.25, -0.2) is 9.37 Å². The number of nitrogen functional groups attached to an aromatic ring is 1. The molecule has 9 heteroatoms. The molecule has 2 heterocycles. The van der Waals surface area contributed by atoms with E-state index in [1.165, 1.54) is 30.6 Å². The molecule has 0 radical (unpaired) electrons. The number of hydrogen-bond acceptors (Lipinski definition) is 4. The second kappa shape index (κ2) is 6.12. The number of halogens is 4. The van der Waals surface area contributed by atoms with Crippen molar-refractivity contribution >= 4 is 57.3 Å². The summed E-state index contributed by atoms with van der Waals surface area (Å²) in [5.41, 5.74) is 6.17. The molecular formula is C15H9Cl3FN3O2. The minimum atomic E-state index is -2.14. The zero-order valence-corrected chi connectivity index (χ0v) is 14.1. The smallest absolute Gasteiger partial charge is 0.253 e. The number of pyridine rings is 1. The molecule has 2 aromatic heterocycles. The van der Waals surface area contributed by atoms with Crippen molar-refractivity contribution in [2.24, 2.45) is 0 Å². The molecule has 24 heavy (non-hydrogen) atoms. The number of rotatable bonds is 3. The lowest BCUT2D eigenvalue weighted by atomic mass is 10.1. The van der Waals surface area contributed by atoms with Crippen LogP contribution in [0.15, 0.2) is 36.7 Å². The van der Waals surface area contributed by atoms with E-state index in [0.29, 0.717) is 5.65 Å². The SMILES string of the molecule is Nc1ccc(Oc2ccnc3[nH]cc(C(=O)C(Cl)(Cl)Cl)c23)c(F)c1. The molecule has 0 saturated heterocycles. The van der Waals surface area contributed by atoms with Crippen LogP contribution < -0.4 is 10.5 Å². The molecule has 0 aliphatic carbocycles. The molecule has 0 saturated carbocycles. The number of benzene rings is 1. The number of anilines is 1. The summed E-state index contributed by atoms with van der Waals surface area (Å²) in [6.45, 7) is 0. The Balaban J connectivity index is 2.11. The first-order chi connectivity index (χ1) is 11.3.